The second-order valence-electron chi connectivity index (χ2n) is 4.11. The fraction of sp³-hybridized carbons (Fsp3) is 0.909. The lowest BCUT2D eigenvalue weighted by Gasteiger charge is -2.15. The summed E-state index contributed by atoms with van der Waals surface area (Å²) in [5.74, 6) is 1.40. The first-order valence-electron chi connectivity index (χ1n) is 5.61. The van der Waals surface area contributed by atoms with Gasteiger partial charge in [0.25, 0.3) is 0 Å². The Bertz CT molecular complexity index is 174. The van der Waals surface area contributed by atoms with Crippen LogP contribution < -0.4 is 11.1 Å². The Morgan fingerprint density at radius 3 is 2.53 bits per heavy atom. The normalized spacial score (nSPS) is 12.9. The van der Waals surface area contributed by atoms with E-state index in [9.17, 15) is 4.79 Å². The Morgan fingerprint density at radius 2 is 2.00 bits per heavy atom. The first kappa shape index (κ1) is 14.8. The predicted molar refractivity (Wildman–Crippen MR) is 68.1 cm³/mol. The zero-order chi connectivity index (χ0) is 11.7. The lowest BCUT2D eigenvalue weighted by molar-refractivity contribution is -0.123. The number of thioether (sulfide) groups is 1. The summed E-state index contributed by atoms with van der Waals surface area (Å²) < 4.78 is 0. The van der Waals surface area contributed by atoms with E-state index in [1.807, 2.05) is 25.6 Å². The smallest absolute Gasteiger partial charge is 0.237 e. The van der Waals surface area contributed by atoms with Crippen LogP contribution in [0.2, 0.25) is 0 Å². The van der Waals surface area contributed by atoms with Crippen molar-refractivity contribution in [3.05, 3.63) is 0 Å². The highest BCUT2D eigenvalue weighted by Crippen LogP contribution is 2.02. The molecule has 1 atom stereocenters. The number of unbranched alkanes of at least 4 members (excludes halogenated alkanes) is 2. The van der Waals surface area contributed by atoms with Gasteiger partial charge in [-0.25, -0.2) is 0 Å². The van der Waals surface area contributed by atoms with Crippen LogP contribution in [0.15, 0.2) is 0 Å². The number of amides is 1. The van der Waals surface area contributed by atoms with Crippen molar-refractivity contribution in [2.75, 3.05) is 18.6 Å². The number of hydrogen-bond donors (Lipinski definition) is 2. The Labute approximate surface area is 97.6 Å². The molecule has 3 nitrogen and oxygen atoms in total. The number of rotatable bonds is 8. The first-order valence-corrected chi connectivity index (χ1v) is 7.01. The number of nitrogens with two attached hydrogens (primary N) is 1. The fourth-order valence-electron chi connectivity index (χ4n) is 1.18. The highest BCUT2D eigenvalue weighted by atomic mass is 32.2. The molecule has 0 spiro atoms. The van der Waals surface area contributed by atoms with Crippen LogP contribution in [0.4, 0.5) is 0 Å². The quantitative estimate of drug-likeness (QED) is 0.625. The average molecular weight is 232 g/mol. The molecule has 0 fully saturated rings. The molecule has 0 aliphatic carbocycles. The van der Waals surface area contributed by atoms with Gasteiger partial charge in [0.05, 0.1) is 6.04 Å². The van der Waals surface area contributed by atoms with Crippen molar-refractivity contribution in [2.24, 2.45) is 11.7 Å². The van der Waals surface area contributed by atoms with Gasteiger partial charge < -0.3 is 11.1 Å². The maximum Gasteiger partial charge on any atom is 0.237 e. The van der Waals surface area contributed by atoms with Gasteiger partial charge in [-0.2, -0.15) is 11.8 Å². The molecule has 0 bridgehead atoms. The van der Waals surface area contributed by atoms with Gasteiger partial charge in [-0.3, -0.25) is 4.79 Å². The molecule has 0 heterocycles. The number of carbonyl (C=O) groups is 1. The molecule has 4 heteroatoms. The lowest BCUT2D eigenvalue weighted by atomic mass is 10.1. The summed E-state index contributed by atoms with van der Waals surface area (Å²) in [6, 6.07) is -0.365. The van der Waals surface area contributed by atoms with Crippen LogP contribution in [0.3, 0.4) is 0 Å². The zero-order valence-electron chi connectivity index (χ0n) is 10.1. The van der Waals surface area contributed by atoms with Crippen LogP contribution in [-0.4, -0.2) is 30.5 Å². The third kappa shape index (κ3) is 7.68. The standard InChI is InChI=1S/C11H24N2OS/c1-9(2)10(12)11(14)13-7-5-4-6-8-15-3/h9-10H,4-8,12H2,1-3H3,(H,13,14). The molecule has 0 aromatic rings. The van der Waals surface area contributed by atoms with E-state index in [4.69, 9.17) is 5.73 Å². The molecule has 0 saturated heterocycles. The Hall–Kier alpha value is -0.220. The molecule has 15 heavy (non-hydrogen) atoms. The van der Waals surface area contributed by atoms with Gasteiger partial charge in [-0.15, -0.1) is 0 Å². The van der Waals surface area contributed by atoms with E-state index in [2.05, 4.69) is 11.6 Å². The van der Waals surface area contributed by atoms with Gasteiger partial charge in [0.1, 0.15) is 0 Å². The minimum absolute atomic E-state index is 0.0186. The average Bonchev–Trinajstić information content (AvgIpc) is 2.21. The fourth-order valence-corrected chi connectivity index (χ4v) is 1.67. The molecule has 0 aromatic carbocycles. The molecular formula is C11H24N2OS. The molecule has 0 aromatic heterocycles. The molecule has 1 unspecified atom stereocenters. The van der Waals surface area contributed by atoms with E-state index in [1.54, 1.807) is 0 Å². The van der Waals surface area contributed by atoms with Crippen LogP contribution in [0.25, 0.3) is 0 Å². The number of nitrogens with one attached hydrogen (secondary N) is 1. The minimum atomic E-state index is -0.365. The van der Waals surface area contributed by atoms with Crippen molar-refractivity contribution in [3.8, 4) is 0 Å². The van der Waals surface area contributed by atoms with Gasteiger partial charge in [-0.1, -0.05) is 20.3 Å². The van der Waals surface area contributed by atoms with Gasteiger partial charge in [0.2, 0.25) is 5.91 Å². The molecule has 0 radical (unpaired) electrons. The second kappa shape index (κ2) is 9.04. The van der Waals surface area contributed by atoms with E-state index < -0.39 is 0 Å². The van der Waals surface area contributed by atoms with Gasteiger partial charge in [0, 0.05) is 6.54 Å². The number of hydrogen-bond acceptors (Lipinski definition) is 3. The molecule has 0 rings (SSSR count). The SMILES string of the molecule is CSCCCCCNC(=O)C(N)C(C)C. The van der Waals surface area contributed by atoms with Crippen LogP contribution in [0.5, 0.6) is 0 Å². The minimum Gasteiger partial charge on any atom is -0.355 e. The Kier molecular flexibility index (Phi) is 8.91. The van der Waals surface area contributed by atoms with Crippen molar-refractivity contribution < 1.29 is 4.79 Å². The number of carbonyl (C=O) groups excluding carboxylic acids is 1. The summed E-state index contributed by atoms with van der Waals surface area (Å²) in [6.07, 6.45) is 5.58. The maximum atomic E-state index is 11.4. The van der Waals surface area contributed by atoms with E-state index in [0.29, 0.717) is 0 Å². The molecule has 3 N–H and O–H groups in total. The van der Waals surface area contributed by atoms with Crippen LogP contribution in [0, 0.1) is 5.92 Å². The van der Waals surface area contributed by atoms with Crippen LogP contribution in [0.1, 0.15) is 33.1 Å². The van der Waals surface area contributed by atoms with E-state index >= 15 is 0 Å². The molecule has 90 valence electrons. The predicted octanol–water partition coefficient (Wildman–Crippen LogP) is 1.62. The van der Waals surface area contributed by atoms with Crippen molar-refractivity contribution in [1.82, 2.24) is 5.32 Å². The third-order valence-electron chi connectivity index (χ3n) is 2.35. The van der Waals surface area contributed by atoms with Crippen molar-refractivity contribution in [2.45, 2.75) is 39.2 Å². The summed E-state index contributed by atoms with van der Waals surface area (Å²) >= 11 is 1.87. The van der Waals surface area contributed by atoms with Crippen molar-refractivity contribution in [3.63, 3.8) is 0 Å². The van der Waals surface area contributed by atoms with E-state index in [-0.39, 0.29) is 17.9 Å². The summed E-state index contributed by atoms with van der Waals surface area (Å²) in [7, 11) is 0. The van der Waals surface area contributed by atoms with Crippen LogP contribution >= 0.6 is 11.8 Å². The monoisotopic (exact) mass is 232 g/mol. The highest BCUT2D eigenvalue weighted by molar-refractivity contribution is 7.98. The van der Waals surface area contributed by atoms with Gasteiger partial charge >= 0.3 is 0 Å². The molecule has 0 aliphatic rings. The molecule has 1 amide bonds. The van der Waals surface area contributed by atoms with Gasteiger partial charge in [-0.05, 0) is 30.8 Å². The Morgan fingerprint density at radius 1 is 1.33 bits per heavy atom. The molecular weight excluding hydrogens is 208 g/mol. The van der Waals surface area contributed by atoms with Crippen molar-refractivity contribution in [1.29, 1.82) is 0 Å². The Balaban J connectivity index is 3.39. The van der Waals surface area contributed by atoms with Crippen LogP contribution in [-0.2, 0) is 4.79 Å². The summed E-state index contributed by atoms with van der Waals surface area (Å²) in [4.78, 5) is 11.4. The maximum absolute atomic E-state index is 11.4. The summed E-state index contributed by atoms with van der Waals surface area (Å²) in [6.45, 7) is 4.68. The lowest BCUT2D eigenvalue weighted by Crippen LogP contribution is -2.44. The van der Waals surface area contributed by atoms with E-state index in [0.717, 1.165) is 13.0 Å². The van der Waals surface area contributed by atoms with Gasteiger partial charge in [0.15, 0.2) is 0 Å². The molecule has 0 aliphatic heterocycles. The second-order valence-corrected chi connectivity index (χ2v) is 5.10. The van der Waals surface area contributed by atoms with E-state index in [1.165, 1.54) is 18.6 Å². The highest BCUT2D eigenvalue weighted by Gasteiger charge is 2.15. The van der Waals surface area contributed by atoms with Crippen molar-refractivity contribution >= 4 is 17.7 Å². The zero-order valence-corrected chi connectivity index (χ0v) is 10.9. The largest absolute Gasteiger partial charge is 0.355 e. The summed E-state index contributed by atoms with van der Waals surface area (Å²) in [5.41, 5.74) is 5.71. The molecule has 0 saturated carbocycles. The third-order valence-corrected chi connectivity index (χ3v) is 3.04. The summed E-state index contributed by atoms with van der Waals surface area (Å²) in [5, 5.41) is 2.87. The topological polar surface area (TPSA) is 55.1 Å². The first-order chi connectivity index (χ1) is 7.09.